The van der Waals surface area contributed by atoms with Gasteiger partial charge in [-0.1, -0.05) is 167 Å². The molecule has 0 aliphatic heterocycles. The lowest BCUT2D eigenvalue weighted by atomic mass is 9.82. The van der Waals surface area contributed by atoms with E-state index in [-0.39, 0.29) is 0 Å². The average Bonchev–Trinajstić information content (AvgIpc) is 3.15. The Morgan fingerprint density at radius 3 is 1.08 bits per heavy atom. The smallest absolute Gasteiger partial charge is 0.115 e. The Bertz CT molecular complexity index is 1410. The molecule has 0 amide bonds. The molecule has 0 spiro atoms. The summed E-state index contributed by atoms with van der Waals surface area (Å²) in [5, 5.41) is 0. The molecule has 0 aromatic heterocycles. The Kier molecular flexibility index (Phi) is 15.8. The van der Waals surface area contributed by atoms with Crippen LogP contribution in [0.25, 0.3) is 0 Å². The number of nitrogens with two attached hydrogens (primary N) is 1. The van der Waals surface area contributed by atoms with Crippen molar-refractivity contribution in [1.29, 1.82) is 0 Å². The summed E-state index contributed by atoms with van der Waals surface area (Å²) in [5.41, 5.74) is 11.5. The van der Waals surface area contributed by atoms with Crippen LogP contribution in [0.15, 0.2) is 121 Å². The van der Waals surface area contributed by atoms with Gasteiger partial charge >= 0.3 is 0 Å². The van der Waals surface area contributed by atoms with Crippen molar-refractivity contribution >= 4 is 0 Å². The fourth-order valence-electron chi connectivity index (χ4n) is 6.51. The molecule has 0 radical (unpaired) electrons. The van der Waals surface area contributed by atoms with Crippen molar-refractivity contribution < 1.29 is 23.7 Å². The van der Waals surface area contributed by atoms with Crippen molar-refractivity contribution in [1.82, 2.24) is 0 Å². The second-order valence-electron chi connectivity index (χ2n) is 13.1. The first kappa shape index (κ1) is 36.9. The van der Waals surface area contributed by atoms with Crippen molar-refractivity contribution in [3.8, 4) is 0 Å². The molecule has 0 heterocycles. The van der Waals surface area contributed by atoms with E-state index in [1.165, 1.54) is 32.1 Å². The highest BCUT2D eigenvalue weighted by Gasteiger charge is 2.53. The van der Waals surface area contributed by atoms with Crippen LogP contribution in [0.1, 0.15) is 74.1 Å². The van der Waals surface area contributed by atoms with Gasteiger partial charge in [-0.05, 0) is 28.7 Å². The van der Waals surface area contributed by atoms with Crippen LogP contribution in [-0.4, -0.2) is 43.2 Å². The van der Waals surface area contributed by atoms with Gasteiger partial charge in [0.15, 0.2) is 0 Å². The van der Waals surface area contributed by atoms with Gasteiger partial charge in [-0.15, -0.1) is 0 Å². The highest BCUT2D eigenvalue weighted by Crippen LogP contribution is 2.34. The Labute approximate surface area is 293 Å². The third kappa shape index (κ3) is 11.9. The molecule has 0 unspecified atom stereocenters. The van der Waals surface area contributed by atoms with Crippen LogP contribution in [-0.2, 0) is 50.1 Å². The van der Waals surface area contributed by atoms with E-state index in [1.807, 2.05) is 72.8 Å². The molecule has 5 rings (SSSR count). The topological polar surface area (TPSA) is 72.2 Å². The molecule has 4 aromatic rings. The van der Waals surface area contributed by atoms with Crippen LogP contribution < -0.4 is 5.73 Å². The van der Waals surface area contributed by atoms with Gasteiger partial charge in [0, 0.05) is 6.61 Å². The maximum atomic E-state index is 7.21. The minimum atomic E-state index is -0.512. The minimum Gasteiger partial charge on any atom is -0.374 e. The number of hydrogen-bond donors (Lipinski definition) is 1. The monoisotopic (exact) mass is 665 g/mol. The number of unbranched alkanes of at least 4 members (excludes halogenated alkanes) is 6. The molecule has 262 valence electrons. The maximum absolute atomic E-state index is 7.21. The van der Waals surface area contributed by atoms with Crippen LogP contribution in [0.5, 0.6) is 0 Å². The van der Waals surface area contributed by atoms with E-state index in [1.54, 1.807) is 0 Å². The molecule has 6 heteroatoms. The van der Waals surface area contributed by atoms with Gasteiger partial charge in [-0.2, -0.15) is 0 Å². The second-order valence-corrected chi connectivity index (χ2v) is 13.1. The Balaban J connectivity index is 1.42. The zero-order valence-corrected chi connectivity index (χ0v) is 29.1. The number of hydrogen-bond acceptors (Lipinski definition) is 6. The quantitative estimate of drug-likeness (QED) is 0.0898. The first-order chi connectivity index (χ1) is 24.2. The van der Waals surface area contributed by atoms with Crippen molar-refractivity contribution in [2.45, 2.75) is 115 Å². The normalized spacial score (nSPS) is 22.2. The summed E-state index contributed by atoms with van der Waals surface area (Å²) >= 11 is 0. The fraction of sp³-hybridized carbons (Fsp3) is 0.442. The lowest BCUT2D eigenvalue weighted by Crippen LogP contribution is -2.69. The molecule has 1 aliphatic carbocycles. The van der Waals surface area contributed by atoms with E-state index in [9.17, 15) is 0 Å². The van der Waals surface area contributed by atoms with Crippen molar-refractivity contribution in [2.24, 2.45) is 5.73 Å². The van der Waals surface area contributed by atoms with Crippen LogP contribution in [0.4, 0.5) is 0 Å². The zero-order valence-electron chi connectivity index (χ0n) is 29.1. The maximum Gasteiger partial charge on any atom is 0.115 e. The third-order valence-corrected chi connectivity index (χ3v) is 9.25. The Hall–Kier alpha value is -3.36. The predicted molar refractivity (Wildman–Crippen MR) is 196 cm³/mol. The van der Waals surface area contributed by atoms with E-state index in [2.05, 4.69) is 55.5 Å². The van der Waals surface area contributed by atoms with E-state index in [0.29, 0.717) is 33.0 Å². The average molecular weight is 666 g/mol. The summed E-state index contributed by atoms with van der Waals surface area (Å²) < 4.78 is 33.9. The van der Waals surface area contributed by atoms with Gasteiger partial charge in [-0.25, -0.2) is 0 Å². The SMILES string of the molecule is CCCCCCCCCO[C@H]1[C@@H](N)[C@H](OCc2ccccc2)[C@@H](OCc2ccccc2)[C@H](OCc2ccccc2)[C@H]1OCc1ccccc1. The Morgan fingerprint density at radius 2 is 0.694 bits per heavy atom. The molecule has 2 N–H and O–H groups in total. The van der Waals surface area contributed by atoms with E-state index in [4.69, 9.17) is 29.4 Å². The van der Waals surface area contributed by atoms with Crippen molar-refractivity contribution in [2.75, 3.05) is 6.61 Å². The molecule has 1 fully saturated rings. The first-order valence-electron chi connectivity index (χ1n) is 18.2. The van der Waals surface area contributed by atoms with Crippen LogP contribution in [0, 0.1) is 0 Å². The van der Waals surface area contributed by atoms with E-state index < -0.39 is 36.6 Å². The van der Waals surface area contributed by atoms with Gasteiger partial charge in [0.1, 0.15) is 30.5 Å². The van der Waals surface area contributed by atoms with Crippen molar-refractivity contribution in [3.05, 3.63) is 144 Å². The van der Waals surface area contributed by atoms with E-state index in [0.717, 1.165) is 35.1 Å². The highest BCUT2D eigenvalue weighted by atomic mass is 16.6. The van der Waals surface area contributed by atoms with Gasteiger partial charge in [0.25, 0.3) is 0 Å². The van der Waals surface area contributed by atoms with Gasteiger partial charge < -0.3 is 29.4 Å². The van der Waals surface area contributed by atoms with Gasteiger partial charge in [-0.3, -0.25) is 0 Å². The van der Waals surface area contributed by atoms with Crippen LogP contribution >= 0.6 is 0 Å². The van der Waals surface area contributed by atoms with Crippen LogP contribution in [0.2, 0.25) is 0 Å². The number of benzene rings is 4. The molecule has 49 heavy (non-hydrogen) atoms. The van der Waals surface area contributed by atoms with Gasteiger partial charge in [0.2, 0.25) is 0 Å². The summed E-state index contributed by atoms with van der Waals surface area (Å²) in [6, 6.07) is 40.3. The van der Waals surface area contributed by atoms with Crippen molar-refractivity contribution in [3.63, 3.8) is 0 Å². The fourth-order valence-corrected chi connectivity index (χ4v) is 6.51. The molecule has 4 aromatic carbocycles. The largest absolute Gasteiger partial charge is 0.374 e. The number of ether oxygens (including phenoxy) is 5. The summed E-state index contributed by atoms with van der Waals surface area (Å²) in [6.07, 6.45) is 5.98. The number of rotatable bonds is 21. The summed E-state index contributed by atoms with van der Waals surface area (Å²) in [6.45, 7) is 4.44. The minimum absolute atomic E-state index is 0.392. The molecule has 6 atom stereocenters. The summed E-state index contributed by atoms with van der Waals surface area (Å²) in [5.74, 6) is 0. The summed E-state index contributed by atoms with van der Waals surface area (Å²) in [4.78, 5) is 0. The lowest BCUT2D eigenvalue weighted by Gasteiger charge is -2.49. The second kappa shape index (κ2) is 21.0. The molecule has 6 nitrogen and oxygen atoms in total. The highest BCUT2D eigenvalue weighted by molar-refractivity contribution is 5.17. The lowest BCUT2D eigenvalue weighted by molar-refractivity contribution is -0.254. The summed E-state index contributed by atoms with van der Waals surface area (Å²) in [7, 11) is 0. The Morgan fingerprint density at radius 1 is 0.388 bits per heavy atom. The van der Waals surface area contributed by atoms with Crippen LogP contribution in [0.3, 0.4) is 0 Å². The van der Waals surface area contributed by atoms with Gasteiger partial charge in [0.05, 0.1) is 32.5 Å². The molecule has 0 saturated heterocycles. The third-order valence-electron chi connectivity index (χ3n) is 9.25. The molecule has 1 saturated carbocycles. The predicted octanol–water partition coefficient (Wildman–Crippen LogP) is 8.80. The molecule has 0 bridgehead atoms. The first-order valence-corrected chi connectivity index (χ1v) is 18.2. The standard InChI is InChI=1S/C43H55NO5/c1-2-3-4-5-6-7-20-29-45-39-38(44)40(46-30-34-21-12-8-13-22-34)42(48-32-36-25-16-10-17-26-36)43(49-33-37-27-18-11-19-28-37)41(39)47-31-35-23-14-9-15-24-35/h8-19,21-28,38-43H,2-7,20,29-33,44H2,1H3/t38-,39+,40+,41+,42-,43-/m1/s1. The molecular formula is C43H55NO5. The van der Waals surface area contributed by atoms with E-state index >= 15 is 0 Å². The molecule has 1 aliphatic rings. The molecular weight excluding hydrogens is 610 g/mol. The zero-order chi connectivity index (χ0) is 33.9.